The molecule has 0 aromatic heterocycles. The van der Waals surface area contributed by atoms with Crippen LogP contribution in [0.4, 0.5) is 5.69 Å². The van der Waals surface area contributed by atoms with Crippen LogP contribution in [0.3, 0.4) is 0 Å². The zero-order valence-electron chi connectivity index (χ0n) is 18.1. The number of amides is 2. The van der Waals surface area contributed by atoms with E-state index < -0.39 is 0 Å². The molecular weight excluding hydrogens is 374 g/mol. The van der Waals surface area contributed by atoms with Crippen LogP contribution >= 0.6 is 0 Å². The molecule has 2 aromatic carbocycles. The predicted octanol–water partition coefficient (Wildman–Crippen LogP) is 4.38. The van der Waals surface area contributed by atoms with Crippen LogP contribution in [0.15, 0.2) is 48.5 Å². The molecule has 2 N–H and O–H groups in total. The molecule has 0 bridgehead atoms. The molecule has 2 aromatic rings. The highest BCUT2D eigenvalue weighted by molar-refractivity contribution is 6.04. The summed E-state index contributed by atoms with van der Waals surface area (Å²) in [5.74, 6) is -0.138. The van der Waals surface area contributed by atoms with Gasteiger partial charge in [-0.2, -0.15) is 0 Å². The van der Waals surface area contributed by atoms with Gasteiger partial charge in [-0.25, -0.2) is 0 Å². The molecule has 2 amide bonds. The van der Waals surface area contributed by atoms with Gasteiger partial charge in [-0.05, 0) is 57.0 Å². The molecule has 0 atom stereocenters. The fraction of sp³-hybridized carbons (Fsp3) is 0.440. The molecule has 1 aliphatic heterocycles. The van der Waals surface area contributed by atoms with Crippen molar-refractivity contribution >= 4 is 17.5 Å². The van der Waals surface area contributed by atoms with Crippen LogP contribution in [0.5, 0.6) is 0 Å². The largest absolute Gasteiger partial charge is 0.352 e. The van der Waals surface area contributed by atoms with Gasteiger partial charge in [0.2, 0.25) is 5.91 Å². The Kier molecular flexibility index (Phi) is 8.03. The van der Waals surface area contributed by atoms with Gasteiger partial charge in [0.05, 0.1) is 11.3 Å². The number of nitrogens with one attached hydrogen (secondary N) is 2. The number of unbranched alkanes of at least 4 members (excludes halogenated alkanes) is 1. The van der Waals surface area contributed by atoms with Crippen LogP contribution in [0, 0.1) is 12.8 Å². The lowest BCUT2D eigenvalue weighted by atomic mass is 9.95. The zero-order chi connectivity index (χ0) is 21.3. The molecule has 0 spiro atoms. The van der Waals surface area contributed by atoms with Crippen LogP contribution in [-0.4, -0.2) is 36.3 Å². The van der Waals surface area contributed by atoms with E-state index in [4.69, 9.17) is 0 Å². The highest BCUT2D eigenvalue weighted by Crippen LogP contribution is 2.23. The quantitative estimate of drug-likeness (QED) is 0.639. The molecule has 0 aliphatic carbocycles. The first kappa shape index (κ1) is 22.0. The number of carbonyl (C=O) groups excluding carboxylic acids is 2. The maximum atomic E-state index is 12.9. The van der Waals surface area contributed by atoms with Crippen molar-refractivity contribution < 1.29 is 9.59 Å². The normalized spacial score (nSPS) is 15.0. The summed E-state index contributed by atoms with van der Waals surface area (Å²) in [5, 5.41) is 5.93. The monoisotopic (exact) mass is 407 g/mol. The average Bonchev–Trinajstić information content (AvgIpc) is 2.75. The first-order chi connectivity index (χ1) is 14.6. The fourth-order valence-electron chi connectivity index (χ4n) is 3.92. The zero-order valence-corrected chi connectivity index (χ0v) is 18.1. The number of likely N-dealkylation sites (tertiary alicyclic amines) is 1. The second-order valence-electron chi connectivity index (χ2n) is 8.18. The van der Waals surface area contributed by atoms with E-state index in [9.17, 15) is 9.59 Å². The van der Waals surface area contributed by atoms with Crippen LogP contribution in [0.1, 0.15) is 54.1 Å². The number of aryl methyl sites for hydroxylation is 1. The number of para-hydroxylation sites is 1. The molecule has 0 radical (unpaired) electrons. The summed E-state index contributed by atoms with van der Waals surface area (Å²) in [7, 11) is 0. The molecule has 0 unspecified atom stereocenters. The Labute approximate surface area is 179 Å². The first-order valence-corrected chi connectivity index (χ1v) is 11.0. The minimum atomic E-state index is -0.132. The Morgan fingerprint density at radius 3 is 2.57 bits per heavy atom. The Hall–Kier alpha value is -2.66. The predicted molar refractivity (Wildman–Crippen MR) is 121 cm³/mol. The van der Waals surface area contributed by atoms with Crippen LogP contribution in [0.25, 0.3) is 0 Å². The van der Waals surface area contributed by atoms with Crippen molar-refractivity contribution in [3.05, 3.63) is 65.2 Å². The van der Waals surface area contributed by atoms with E-state index in [-0.39, 0.29) is 17.7 Å². The minimum absolute atomic E-state index is 0.0130. The lowest BCUT2D eigenvalue weighted by Gasteiger charge is -2.31. The summed E-state index contributed by atoms with van der Waals surface area (Å²) in [6, 6.07) is 15.8. The summed E-state index contributed by atoms with van der Waals surface area (Å²) in [6.07, 6.45) is 3.65. The van der Waals surface area contributed by atoms with Gasteiger partial charge in [-0.15, -0.1) is 0 Å². The molecule has 0 saturated carbocycles. The standard InChI is InChI=1S/C25H33N3O2/c1-3-4-14-26-25(30)22-10-5-6-11-23(22)27-24(29)21-12-15-28(16-13-21)18-20-9-7-8-19(2)17-20/h5-11,17,21H,3-4,12-16,18H2,1-2H3,(H,26,30)(H,27,29). The summed E-state index contributed by atoms with van der Waals surface area (Å²) < 4.78 is 0. The van der Waals surface area contributed by atoms with Crippen molar-refractivity contribution in [1.29, 1.82) is 0 Å². The number of carbonyl (C=O) groups is 2. The smallest absolute Gasteiger partial charge is 0.253 e. The molecular formula is C25H33N3O2. The molecule has 160 valence electrons. The van der Waals surface area contributed by atoms with E-state index in [1.807, 2.05) is 12.1 Å². The van der Waals surface area contributed by atoms with E-state index in [2.05, 4.69) is 53.6 Å². The molecule has 5 nitrogen and oxygen atoms in total. The van der Waals surface area contributed by atoms with Crippen LogP contribution in [0.2, 0.25) is 0 Å². The summed E-state index contributed by atoms with van der Waals surface area (Å²) in [4.78, 5) is 27.7. The lowest BCUT2D eigenvalue weighted by Crippen LogP contribution is -2.38. The van der Waals surface area contributed by atoms with Gasteiger partial charge < -0.3 is 10.6 Å². The Morgan fingerprint density at radius 1 is 1.07 bits per heavy atom. The van der Waals surface area contributed by atoms with Gasteiger partial charge in [0.25, 0.3) is 5.91 Å². The summed E-state index contributed by atoms with van der Waals surface area (Å²) in [5.41, 5.74) is 3.72. The third kappa shape index (κ3) is 6.17. The minimum Gasteiger partial charge on any atom is -0.352 e. The first-order valence-electron chi connectivity index (χ1n) is 11.0. The molecule has 5 heteroatoms. The van der Waals surface area contributed by atoms with Crippen molar-refractivity contribution in [1.82, 2.24) is 10.2 Å². The van der Waals surface area contributed by atoms with Crippen molar-refractivity contribution in [2.24, 2.45) is 5.92 Å². The van der Waals surface area contributed by atoms with Crippen LogP contribution in [-0.2, 0) is 11.3 Å². The van der Waals surface area contributed by atoms with Gasteiger partial charge in [-0.1, -0.05) is 55.3 Å². The molecule has 3 rings (SSSR count). The molecule has 1 heterocycles. The number of rotatable bonds is 8. The molecule has 1 fully saturated rings. The van der Waals surface area contributed by atoms with E-state index in [1.54, 1.807) is 12.1 Å². The van der Waals surface area contributed by atoms with Crippen molar-refractivity contribution in [2.75, 3.05) is 25.0 Å². The van der Waals surface area contributed by atoms with Gasteiger partial charge in [0.15, 0.2) is 0 Å². The maximum Gasteiger partial charge on any atom is 0.253 e. The van der Waals surface area contributed by atoms with Gasteiger partial charge in [0, 0.05) is 19.0 Å². The van der Waals surface area contributed by atoms with Crippen molar-refractivity contribution in [2.45, 2.75) is 46.1 Å². The summed E-state index contributed by atoms with van der Waals surface area (Å²) in [6.45, 7) is 7.60. The third-order valence-electron chi connectivity index (χ3n) is 5.69. The highest BCUT2D eigenvalue weighted by atomic mass is 16.2. The Balaban J connectivity index is 1.53. The number of hydrogen-bond donors (Lipinski definition) is 2. The Morgan fingerprint density at radius 2 is 1.83 bits per heavy atom. The maximum absolute atomic E-state index is 12.9. The number of anilines is 1. The highest BCUT2D eigenvalue weighted by Gasteiger charge is 2.26. The molecule has 30 heavy (non-hydrogen) atoms. The second kappa shape index (κ2) is 10.9. The third-order valence-corrected chi connectivity index (χ3v) is 5.69. The SMILES string of the molecule is CCCCNC(=O)c1ccccc1NC(=O)C1CCN(Cc2cccc(C)c2)CC1. The number of hydrogen-bond acceptors (Lipinski definition) is 3. The Bertz CT molecular complexity index is 857. The van der Waals surface area contributed by atoms with Crippen molar-refractivity contribution in [3.8, 4) is 0 Å². The van der Waals surface area contributed by atoms with Gasteiger partial charge in [-0.3, -0.25) is 14.5 Å². The van der Waals surface area contributed by atoms with Crippen molar-refractivity contribution in [3.63, 3.8) is 0 Å². The van der Waals surface area contributed by atoms with E-state index in [1.165, 1.54) is 11.1 Å². The van der Waals surface area contributed by atoms with Crippen LogP contribution < -0.4 is 10.6 Å². The average molecular weight is 408 g/mol. The number of piperidine rings is 1. The summed E-state index contributed by atoms with van der Waals surface area (Å²) >= 11 is 0. The number of benzene rings is 2. The van der Waals surface area contributed by atoms with E-state index >= 15 is 0 Å². The second-order valence-corrected chi connectivity index (χ2v) is 8.18. The topological polar surface area (TPSA) is 61.4 Å². The number of nitrogens with zero attached hydrogens (tertiary/aromatic N) is 1. The van der Waals surface area contributed by atoms with E-state index in [0.717, 1.165) is 45.3 Å². The molecule has 1 aliphatic rings. The lowest BCUT2D eigenvalue weighted by molar-refractivity contribution is -0.121. The van der Waals surface area contributed by atoms with Gasteiger partial charge >= 0.3 is 0 Å². The van der Waals surface area contributed by atoms with E-state index in [0.29, 0.717) is 17.8 Å². The molecule has 1 saturated heterocycles. The fourth-order valence-corrected chi connectivity index (χ4v) is 3.92. The van der Waals surface area contributed by atoms with Gasteiger partial charge in [0.1, 0.15) is 0 Å².